The molecule has 0 unspecified atom stereocenters. The molecule has 17 heavy (non-hydrogen) atoms. The number of aryl methyl sites for hydroxylation is 1. The van der Waals surface area contributed by atoms with Crippen molar-refractivity contribution in [2.75, 3.05) is 11.1 Å². The molecule has 88 valence electrons. The molecular weight excluding hydrogens is 240 g/mol. The fraction of sp³-hybridized carbons (Fsp3) is 0.0833. The van der Waals surface area contributed by atoms with Gasteiger partial charge in [0.15, 0.2) is 0 Å². The Morgan fingerprint density at radius 3 is 2.88 bits per heavy atom. The molecule has 0 radical (unpaired) electrons. The van der Waals surface area contributed by atoms with Crippen molar-refractivity contribution >= 4 is 28.9 Å². The lowest BCUT2D eigenvalue weighted by molar-refractivity contribution is 0.102. The van der Waals surface area contributed by atoms with Crippen LogP contribution in [0.3, 0.4) is 0 Å². The van der Waals surface area contributed by atoms with E-state index in [1.807, 2.05) is 6.92 Å². The zero-order valence-corrected chi connectivity index (χ0v) is 9.91. The molecule has 2 aromatic rings. The van der Waals surface area contributed by atoms with Crippen LogP contribution in [0.25, 0.3) is 0 Å². The van der Waals surface area contributed by atoms with E-state index in [1.165, 1.54) is 12.5 Å². The summed E-state index contributed by atoms with van der Waals surface area (Å²) in [4.78, 5) is 11.8. The average Bonchev–Trinajstić information content (AvgIpc) is 2.79. The Morgan fingerprint density at radius 1 is 1.47 bits per heavy atom. The highest BCUT2D eigenvalue weighted by atomic mass is 35.5. The van der Waals surface area contributed by atoms with E-state index in [-0.39, 0.29) is 5.91 Å². The second kappa shape index (κ2) is 4.51. The second-order valence-corrected chi connectivity index (χ2v) is 4.06. The summed E-state index contributed by atoms with van der Waals surface area (Å²) in [5, 5.41) is 3.16. The van der Waals surface area contributed by atoms with Crippen LogP contribution in [0.5, 0.6) is 0 Å². The first-order chi connectivity index (χ1) is 8.08. The van der Waals surface area contributed by atoms with E-state index in [2.05, 4.69) is 5.32 Å². The van der Waals surface area contributed by atoms with Gasteiger partial charge in [-0.15, -0.1) is 0 Å². The van der Waals surface area contributed by atoms with Crippen LogP contribution in [0.4, 0.5) is 11.4 Å². The molecule has 0 aliphatic rings. The van der Waals surface area contributed by atoms with Crippen LogP contribution in [-0.2, 0) is 0 Å². The third-order valence-electron chi connectivity index (χ3n) is 2.38. The van der Waals surface area contributed by atoms with Crippen molar-refractivity contribution in [2.45, 2.75) is 6.92 Å². The van der Waals surface area contributed by atoms with Gasteiger partial charge in [0.2, 0.25) is 0 Å². The Kier molecular flexibility index (Phi) is 3.06. The smallest absolute Gasteiger partial charge is 0.258 e. The molecule has 5 heteroatoms. The van der Waals surface area contributed by atoms with Crippen molar-refractivity contribution in [3.05, 3.63) is 46.9 Å². The van der Waals surface area contributed by atoms with Crippen LogP contribution in [-0.4, -0.2) is 5.91 Å². The number of nitrogen functional groups attached to an aromatic ring is 1. The first-order valence-electron chi connectivity index (χ1n) is 4.97. The number of nitrogens with one attached hydrogen (secondary N) is 1. The summed E-state index contributed by atoms with van der Waals surface area (Å²) in [5.74, 6) is -0.248. The van der Waals surface area contributed by atoms with Crippen molar-refractivity contribution in [1.29, 1.82) is 0 Å². The van der Waals surface area contributed by atoms with Gasteiger partial charge in [-0.05, 0) is 30.7 Å². The van der Waals surface area contributed by atoms with E-state index in [0.29, 0.717) is 22.0 Å². The van der Waals surface area contributed by atoms with Gasteiger partial charge in [-0.3, -0.25) is 4.79 Å². The van der Waals surface area contributed by atoms with Crippen molar-refractivity contribution in [3.63, 3.8) is 0 Å². The van der Waals surface area contributed by atoms with Crippen LogP contribution in [0, 0.1) is 6.92 Å². The lowest BCUT2D eigenvalue weighted by atomic mass is 10.1. The maximum absolute atomic E-state index is 11.8. The van der Waals surface area contributed by atoms with E-state index >= 15 is 0 Å². The molecule has 0 aliphatic carbocycles. The van der Waals surface area contributed by atoms with Crippen LogP contribution >= 0.6 is 11.6 Å². The lowest BCUT2D eigenvalue weighted by Crippen LogP contribution is -2.12. The predicted octanol–water partition coefficient (Wildman–Crippen LogP) is 3.08. The van der Waals surface area contributed by atoms with Crippen LogP contribution in [0.2, 0.25) is 5.02 Å². The molecule has 4 nitrogen and oxygen atoms in total. The van der Waals surface area contributed by atoms with Gasteiger partial charge < -0.3 is 15.5 Å². The highest BCUT2D eigenvalue weighted by Gasteiger charge is 2.10. The molecule has 0 fully saturated rings. The number of nitrogens with two attached hydrogens (primary N) is 1. The molecule has 0 bridgehead atoms. The third kappa shape index (κ3) is 2.42. The molecule has 0 aliphatic heterocycles. The average molecular weight is 251 g/mol. The summed E-state index contributed by atoms with van der Waals surface area (Å²) < 4.78 is 4.84. The Morgan fingerprint density at radius 2 is 2.24 bits per heavy atom. The summed E-state index contributed by atoms with van der Waals surface area (Å²) in [6.07, 6.45) is 2.82. The van der Waals surface area contributed by atoms with Crippen molar-refractivity contribution in [2.24, 2.45) is 0 Å². The standard InChI is InChI=1S/C12H11ClN2O2/c1-7-4-10(14)9(13)5-11(7)15-12(16)8-2-3-17-6-8/h2-6H,14H2,1H3,(H,15,16). The van der Waals surface area contributed by atoms with Crippen molar-refractivity contribution in [1.82, 2.24) is 0 Å². The van der Waals surface area contributed by atoms with Gasteiger partial charge in [-0.1, -0.05) is 11.6 Å². The molecule has 1 aromatic carbocycles. The molecule has 1 amide bonds. The monoisotopic (exact) mass is 250 g/mol. The Bertz CT molecular complexity index is 550. The zero-order valence-electron chi connectivity index (χ0n) is 9.16. The molecule has 0 saturated carbocycles. The van der Waals surface area contributed by atoms with E-state index in [1.54, 1.807) is 18.2 Å². The maximum atomic E-state index is 11.8. The minimum absolute atomic E-state index is 0.248. The van der Waals surface area contributed by atoms with Gasteiger partial charge >= 0.3 is 0 Å². The maximum Gasteiger partial charge on any atom is 0.258 e. The summed E-state index contributed by atoms with van der Waals surface area (Å²) in [7, 11) is 0. The fourth-order valence-electron chi connectivity index (χ4n) is 1.43. The number of carbonyl (C=O) groups is 1. The SMILES string of the molecule is Cc1cc(N)c(Cl)cc1NC(=O)c1ccoc1. The first kappa shape index (κ1) is 11.5. The first-order valence-corrected chi connectivity index (χ1v) is 5.35. The minimum atomic E-state index is -0.248. The largest absolute Gasteiger partial charge is 0.472 e. The zero-order chi connectivity index (χ0) is 12.4. The van der Waals surface area contributed by atoms with E-state index in [0.717, 1.165) is 5.56 Å². The minimum Gasteiger partial charge on any atom is -0.472 e. The quantitative estimate of drug-likeness (QED) is 0.805. The number of carbonyl (C=O) groups excluding carboxylic acids is 1. The van der Waals surface area contributed by atoms with Gasteiger partial charge in [0.1, 0.15) is 6.26 Å². The predicted molar refractivity (Wildman–Crippen MR) is 67.3 cm³/mol. The highest BCUT2D eigenvalue weighted by Crippen LogP contribution is 2.27. The fourth-order valence-corrected chi connectivity index (χ4v) is 1.59. The van der Waals surface area contributed by atoms with Crippen molar-refractivity contribution in [3.8, 4) is 0 Å². The second-order valence-electron chi connectivity index (χ2n) is 3.65. The molecule has 0 saturated heterocycles. The van der Waals surface area contributed by atoms with Gasteiger partial charge in [0.25, 0.3) is 5.91 Å². The van der Waals surface area contributed by atoms with Crippen LogP contribution in [0.15, 0.2) is 35.1 Å². The number of rotatable bonds is 2. The van der Waals surface area contributed by atoms with Crippen LogP contribution in [0.1, 0.15) is 15.9 Å². The highest BCUT2D eigenvalue weighted by molar-refractivity contribution is 6.33. The number of amides is 1. The van der Waals surface area contributed by atoms with Gasteiger partial charge in [0.05, 0.1) is 22.5 Å². The summed E-state index contributed by atoms with van der Waals surface area (Å²) in [5.41, 5.74) is 8.09. The number of hydrogen-bond acceptors (Lipinski definition) is 3. The Hall–Kier alpha value is -1.94. The number of furan rings is 1. The summed E-state index contributed by atoms with van der Waals surface area (Å²) in [6, 6.07) is 4.93. The Balaban J connectivity index is 2.25. The van der Waals surface area contributed by atoms with Gasteiger partial charge in [-0.25, -0.2) is 0 Å². The molecular formula is C12H11ClN2O2. The summed E-state index contributed by atoms with van der Waals surface area (Å²) in [6.45, 7) is 1.84. The molecule has 0 spiro atoms. The Labute approximate surface area is 103 Å². The molecule has 2 rings (SSSR count). The van der Waals surface area contributed by atoms with E-state index in [9.17, 15) is 4.79 Å². The topological polar surface area (TPSA) is 68.3 Å². The number of anilines is 2. The van der Waals surface area contributed by atoms with Crippen molar-refractivity contribution < 1.29 is 9.21 Å². The molecule has 1 heterocycles. The molecule has 3 N–H and O–H groups in total. The number of halogens is 1. The lowest BCUT2D eigenvalue weighted by Gasteiger charge is -2.09. The van der Waals surface area contributed by atoms with Gasteiger partial charge in [0, 0.05) is 5.69 Å². The normalized spacial score (nSPS) is 10.2. The van der Waals surface area contributed by atoms with Crippen LogP contribution < -0.4 is 11.1 Å². The molecule has 0 atom stereocenters. The third-order valence-corrected chi connectivity index (χ3v) is 2.70. The molecule has 1 aromatic heterocycles. The van der Waals surface area contributed by atoms with Gasteiger partial charge in [-0.2, -0.15) is 0 Å². The number of benzene rings is 1. The van der Waals surface area contributed by atoms with E-state index < -0.39 is 0 Å². The van der Waals surface area contributed by atoms with E-state index in [4.69, 9.17) is 21.8 Å². The summed E-state index contributed by atoms with van der Waals surface area (Å²) >= 11 is 5.90. The number of hydrogen-bond donors (Lipinski definition) is 2.